The second kappa shape index (κ2) is 5.80. The van der Waals surface area contributed by atoms with Crippen molar-refractivity contribution in [3.8, 4) is 0 Å². The van der Waals surface area contributed by atoms with Crippen molar-refractivity contribution in [1.82, 2.24) is 10.2 Å². The zero-order valence-electron chi connectivity index (χ0n) is 10.3. The van der Waals surface area contributed by atoms with Crippen molar-refractivity contribution in [3.63, 3.8) is 0 Å². The van der Waals surface area contributed by atoms with Crippen LogP contribution in [-0.4, -0.2) is 38.1 Å². The van der Waals surface area contributed by atoms with Gasteiger partial charge in [0.15, 0.2) is 0 Å². The largest absolute Gasteiger partial charge is 0.316 e. The van der Waals surface area contributed by atoms with Crippen molar-refractivity contribution in [1.29, 1.82) is 0 Å². The lowest BCUT2D eigenvalue weighted by molar-refractivity contribution is 0.262. The maximum absolute atomic E-state index is 3.47. The smallest absolute Gasteiger partial charge is 0.00579 e. The summed E-state index contributed by atoms with van der Waals surface area (Å²) in [6, 6.07) is 4.38. The van der Waals surface area contributed by atoms with Crippen LogP contribution in [0.4, 0.5) is 0 Å². The Morgan fingerprint density at radius 3 is 3.00 bits per heavy atom. The predicted molar refractivity (Wildman–Crippen MR) is 71.0 cm³/mol. The number of rotatable bonds is 5. The summed E-state index contributed by atoms with van der Waals surface area (Å²) < 4.78 is 0. The highest BCUT2D eigenvalue weighted by Gasteiger charge is 2.23. The Labute approximate surface area is 103 Å². The van der Waals surface area contributed by atoms with Gasteiger partial charge < -0.3 is 10.2 Å². The molecule has 1 fully saturated rings. The molecule has 1 saturated heterocycles. The van der Waals surface area contributed by atoms with Gasteiger partial charge in [0.05, 0.1) is 0 Å². The highest BCUT2D eigenvalue weighted by Crippen LogP contribution is 2.17. The maximum atomic E-state index is 3.47. The number of thiophene rings is 1. The number of nitrogens with one attached hydrogen (secondary N) is 1. The van der Waals surface area contributed by atoms with Gasteiger partial charge in [0.25, 0.3) is 0 Å². The summed E-state index contributed by atoms with van der Waals surface area (Å²) in [7, 11) is 2.25. The third-order valence-electron chi connectivity index (χ3n) is 3.54. The van der Waals surface area contributed by atoms with Gasteiger partial charge >= 0.3 is 0 Å². The van der Waals surface area contributed by atoms with Crippen LogP contribution in [0.2, 0.25) is 0 Å². The van der Waals surface area contributed by atoms with E-state index in [9.17, 15) is 0 Å². The summed E-state index contributed by atoms with van der Waals surface area (Å²) in [5.41, 5.74) is 0. The van der Waals surface area contributed by atoms with Crippen LogP contribution >= 0.6 is 11.3 Å². The van der Waals surface area contributed by atoms with Gasteiger partial charge in [-0.1, -0.05) is 13.0 Å². The minimum absolute atomic E-state index is 0.837. The van der Waals surface area contributed by atoms with Crippen LogP contribution in [0.3, 0.4) is 0 Å². The topological polar surface area (TPSA) is 15.3 Å². The molecule has 0 aliphatic carbocycles. The van der Waals surface area contributed by atoms with Gasteiger partial charge in [-0.05, 0) is 49.8 Å². The molecule has 2 unspecified atom stereocenters. The summed E-state index contributed by atoms with van der Waals surface area (Å²) in [5, 5.41) is 5.64. The third kappa shape index (κ3) is 3.30. The quantitative estimate of drug-likeness (QED) is 0.845. The van der Waals surface area contributed by atoms with Gasteiger partial charge in [-0.15, -0.1) is 11.3 Å². The van der Waals surface area contributed by atoms with E-state index < -0.39 is 0 Å². The summed E-state index contributed by atoms with van der Waals surface area (Å²) in [6.07, 6.45) is 1.20. The maximum Gasteiger partial charge on any atom is 0.00579 e. The van der Waals surface area contributed by atoms with Gasteiger partial charge in [0, 0.05) is 18.0 Å². The molecule has 3 heteroatoms. The monoisotopic (exact) mass is 238 g/mol. The van der Waals surface area contributed by atoms with Crippen LogP contribution in [0.15, 0.2) is 17.5 Å². The van der Waals surface area contributed by atoms with Gasteiger partial charge in [-0.25, -0.2) is 0 Å². The highest BCUT2D eigenvalue weighted by atomic mass is 32.1. The molecule has 1 aromatic heterocycles. The number of hydrogen-bond donors (Lipinski definition) is 1. The zero-order valence-corrected chi connectivity index (χ0v) is 11.1. The third-order valence-corrected chi connectivity index (χ3v) is 4.48. The van der Waals surface area contributed by atoms with E-state index in [0.29, 0.717) is 0 Å². The zero-order chi connectivity index (χ0) is 11.4. The molecule has 2 nitrogen and oxygen atoms in total. The van der Waals surface area contributed by atoms with Crippen LogP contribution < -0.4 is 5.32 Å². The molecule has 0 radical (unpaired) electrons. The van der Waals surface area contributed by atoms with Gasteiger partial charge in [-0.2, -0.15) is 0 Å². The molecular weight excluding hydrogens is 216 g/mol. The summed E-state index contributed by atoms with van der Waals surface area (Å²) >= 11 is 1.87. The van der Waals surface area contributed by atoms with Gasteiger partial charge in [0.2, 0.25) is 0 Å². The van der Waals surface area contributed by atoms with Crippen molar-refractivity contribution >= 4 is 11.3 Å². The van der Waals surface area contributed by atoms with Gasteiger partial charge in [0.1, 0.15) is 0 Å². The van der Waals surface area contributed by atoms with Crippen molar-refractivity contribution in [2.45, 2.75) is 13.3 Å². The average molecular weight is 238 g/mol. The van der Waals surface area contributed by atoms with E-state index >= 15 is 0 Å². The first-order valence-corrected chi connectivity index (χ1v) is 7.05. The Kier molecular flexibility index (Phi) is 4.38. The molecule has 2 rings (SSSR count). The van der Waals surface area contributed by atoms with E-state index in [1.807, 2.05) is 11.3 Å². The normalized spacial score (nSPS) is 25.4. The number of nitrogens with zero attached hydrogens (tertiary/aromatic N) is 1. The van der Waals surface area contributed by atoms with E-state index in [1.54, 1.807) is 0 Å². The van der Waals surface area contributed by atoms with Crippen molar-refractivity contribution in [2.24, 2.45) is 11.8 Å². The summed E-state index contributed by atoms with van der Waals surface area (Å²) in [5.74, 6) is 1.68. The van der Waals surface area contributed by atoms with E-state index in [1.165, 1.54) is 37.5 Å². The van der Waals surface area contributed by atoms with E-state index in [4.69, 9.17) is 0 Å². The molecule has 0 spiro atoms. The Hall–Kier alpha value is -0.380. The van der Waals surface area contributed by atoms with Crippen LogP contribution in [0.25, 0.3) is 0 Å². The van der Waals surface area contributed by atoms with Crippen LogP contribution in [-0.2, 0) is 6.42 Å². The Balaban J connectivity index is 1.70. The standard InChI is InChI=1S/C13H22N2S/c1-11-8-14-9-12(11)10-15(2)6-5-13-4-3-7-16-13/h3-4,7,11-12,14H,5-6,8-10H2,1-2H3. The van der Waals surface area contributed by atoms with Crippen molar-refractivity contribution < 1.29 is 0 Å². The van der Waals surface area contributed by atoms with Crippen LogP contribution in [0.5, 0.6) is 0 Å². The minimum Gasteiger partial charge on any atom is -0.316 e. The lowest BCUT2D eigenvalue weighted by Crippen LogP contribution is -2.30. The molecule has 1 aliphatic heterocycles. The van der Waals surface area contributed by atoms with Crippen molar-refractivity contribution in [2.75, 3.05) is 33.2 Å². The van der Waals surface area contributed by atoms with E-state index in [0.717, 1.165) is 11.8 Å². The Morgan fingerprint density at radius 1 is 1.50 bits per heavy atom. The molecule has 2 atom stereocenters. The molecule has 0 amide bonds. The minimum atomic E-state index is 0.837. The SMILES string of the molecule is CC1CNCC1CN(C)CCc1cccs1. The first-order valence-electron chi connectivity index (χ1n) is 6.17. The number of hydrogen-bond acceptors (Lipinski definition) is 3. The molecule has 2 heterocycles. The van der Waals surface area contributed by atoms with Crippen molar-refractivity contribution in [3.05, 3.63) is 22.4 Å². The Morgan fingerprint density at radius 2 is 2.38 bits per heavy atom. The molecule has 1 aromatic rings. The Bertz CT molecular complexity index is 297. The summed E-state index contributed by atoms with van der Waals surface area (Å²) in [4.78, 5) is 3.98. The molecule has 90 valence electrons. The van der Waals surface area contributed by atoms with E-state index in [2.05, 4.69) is 41.7 Å². The van der Waals surface area contributed by atoms with Crippen LogP contribution in [0.1, 0.15) is 11.8 Å². The highest BCUT2D eigenvalue weighted by molar-refractivity contribution is 7.09. The second-order valence-corrected chi connectivity index (χ2v) is 6.02. The second-order valence-electron chi connectivity index (χ2n) is 4.99. The molecule has 0 aromatic carbocycles. The lowest BCUT2D eigenvalue weighted by atomic mass is 9.98. The van der Waals surface area contributed by atoms with Gasteiger partial charge in [-0.3, -0.25) is 0 Å². The molecular formula is C13H22N2S. The van der Waals surface area contributed by atoms with Crippen LogP contribution in [0, 0.1) is 11.8 Å². The molecule has 0 saturated carbocycles. The summed E-state index contributed by atoms with van der Waals surface area (Å²) in [6.45, 7) is 7.18. The fourth-order valence-electron chi connectivity index (χ4n) is 2.36. The average Bonchev–Trinajstić information content (AvgIpc) is 2.88. The predicted octanol–water partition coefficient (Wildman–Crippen LogP) is 2.08. The fourth-order valence-corrected chi connectivity index (χ4v) is 3.05. The number of likely N-dealkylation sites (N-methyl/N-ethyl adjacent to an activating group) is 1. The van der Waals surface area contributed by atoms with E-state index in [-0.39, 0.29) is 0 Å². The molecule has 0 bridgehead atoms. The molecule has 1 aliphatic rings. The molecule has 16 heavy (non-hydrogen) atoms. The lowest BCUT2D eigenvalue weighted by Gasteiger charge is -2.22. The first-order chi connectivity index (χ1) is 7.75. The first kappa shape index (κ1) is 12.1. The fraction of sp³-hybridized carbons (Fsp3) is 0.692. The molecule has 1 N–H and O–H groups in total.